The Kier molecular flexibility index (Phi) is 7.02. The van der Waals surface area contributed by atoms with Crippen LogP contribution in [0, 0.1) is 5.82 Å². The van der Waals surface area contributed by atoms with Crippen LogP contribution in [-0.4, -0.2) is 43.3 Å². The van der Waals surface area contributed by atoms with E-state index < -0.39 is 6.04 Å². The second kappa shape index (κ2) is 9.69. The molecule has 0 bridgehead atoms. The van der Waals surface area contributed by atoms with Gasteiger partial charge < -0.3 is 25.0 Å². The molecule has 1 aliphatic rings. The van der Waals surface area contributed by atoms with E-state index in [1.54, 1.807) is 31.4 Å². The molecule has 0 spiro atoms. The van der Waals surface area contributed by atoms with Crippen molar-refractivity contribution in [2.45, 2.75) is 13.0 Å². The van der Waals surface area contributed by atoms with E-state index in [2.05, 4.69) is 10.6 Å². The molecule has 2 aromatic carbocycles. The molecule has 0 unspecified atom stereocenters. The molecule has 0 radical (unpaired) electrons. The van der Waals surface area contributed by atoms with Crippen molar-refractivity contribution in [3.63, 3.8) is 0 Å². The Morgan fingerprint density at radius 3 is 2.70 bits per heavy atom. The molecule has 0 aromatic heterocycles. The van der Waals surface area contributed by atoms with Crippen LogP contribution in [-0.2, 0) is 9.53 Å². The van der Waals surface area contributed by atoms with Gasteiger partial charge in [0.15, 0.2) is 5.11 Å². The van der Waals surface area contributed by atoms with Crippen molar-refractivity contribution < 1.29 is 18.7 Å². The number of carbonyl (C=O) groups is 1. The van der Waals surface area contributed by atoms with Crippen molar-refractivity contribution in [2.24, 2.45) is 0 Å². The molecular weight excluding hydrogens is 405 g/mol. The number of halogens is 1. The van der Waals surface area contributed by atoms with Crippen LogP contribution in [0.15, 0.2) is 59.8 Å². The number of carbonyl (C=O) groups excluding carboxylic acids is 1. The van der Waals surface area contributed by atoms with Crippen LogP contribution in [0.2, 0.25) is 0 Å². The third-order valence-corrected chi connectivity index (χ3v) is 5.24. The number of thiocarbonyl (C=S) groups is 1. The first-order valence-corrected chi connectivity index (χ1v) is 9.84. The predicted molar refractivity (Wildman–Crippen MR) is 118 cm³/mol. The van der Waals surface area contributed by atoms with Gasteiger partial charge in [-0.05, 0) is 49.0 Å². The summed E-state index contributed by atoms with van der Waals surface area (Å²) in [6.07, 6.45) is 0. The molecule has 1 atom stereocenters. The van der Waals surface area contributed by atoms with Gasteiger partial charge in [0.25, 0.3) is 5.91 Å². The highest BCUT2D eigenvalue weighted by molar-refractivity contribution is 7.80. The number of ether oxygens (including phenoxy) is 2. The smallest absolute Gasteiger partial charge is 0.255 e. The minimum atomic E-state index is -0.596. The van der Waals surface area contributed by atoms with Crippen molar-refractivity contribution in [3.8, 4) is 5.75 Å². The highest BCUT2D eigenvalue weighted by atomic mass is 32.1. The highest BCUT2D eigenvalue weighted by Gasteiger charge is 2.34. The van der Waals surface area contributed by atoms with Crippen LogP contribution in [0.3, 0.4) is 0 Å². The maximum atomic E-state index is 13.9. The molecule has 1 aliphatic heterocycles. The lowest BCUT2D eigenvalue weighted by Crippen LogP contribution is -2.49. The van der Waals surface area contributed by atoms with E-state index in [4.69, 9.17) is 21.7 Å². The van der Waals surface area contributed by atoms with Crippen molar-refractivity contribution in [1.82, 2.24) is 10.2 Å². The number of nitrogens with zero attached hydrogens (tertiary/aromatic N) is 1. The van der Waals surface area contributed by atoms with Crippen molar-refractivity contribution in [3.05, 3.63) is 71.2 Å². The summed E-state index contributed by atoms with van der Waals surface area (Å²) in [5.41, 5.74) is 2.27. The first kappa shape index (κ1) is 21.7. The summed E-state index contributed by atoms with van der Waals surface area (Å²) in [5, 5.41) is 6.54. The zero-order valence-electron chi connectivity index (χ0n) is 17.1. The first-order valence-electron chi connectivity index (χ1n) is 9.43. The van der Waals surface area contributed by atoms with Crippen LogP contribution < -0.4 is 15.4 Å². The zero-order chi connectivity index (χ0) is 21.7. The molecule has 2 aromatic rings. The zero-order valence-corrected chi connectivity index (χ0v) is 17.9. The highest BCUT2D eigenvalue weighted by Crippen LogP contribution is 2.33. The van der Waals surface area contributed by atoms with Gasteiger partial charge in [-0.15, -0.1) is 0 Å². The molecule has 0 saturated carbocycles. The van der Waals surface area contributed by atoms with E-state index in [1.807, 2.05) is 24.0 Å². The molecule has 1 heterocycles. The fraction of sp³-hybridized carbons (Fsp3) is 0.273. The summed E-state index contributed by atoms with van der Waals surface area (Å²) >= 11 is 5.52. The first-order chi connectivity index (χ1) is 14.5. The molecule has 0 fully saturated rings. The van der Waals surface area contributed by atoms with Crippen molar-refractivity contribution >= 4 is 28.9 Å². The number of rotatable bonds is 7. The summed E-state index contributed by atoms with van der Waals surface area (Å²) < 4.78 is 24.4. The average molecular weight is 430 g/mol. The van der Waals surface area contributed by atoms with Gasteiger partial charge in [0.2, 0.25) is 0 Å². The summed E-state index contributed by atoms with van der Waals surface area (Å²) in [5.74, 6) is -0.171. The number of allylic oxidation sites excluding steroid dienone is 1. The number of nitrogens with one attached hydrogen (secondary N) is 2. The fourth-order valence-electron chi connectivity index (χ4n) is 3.40. The number of anilines is 1. The van der Waals surface area contributed by atoms with Gasteiger partial charge in [0.1, 0.15) is 11.6 Å². The lowest BCUT2D eigenvalue weighted by atomic mass is 9.94. The number of para-hydroxylation sites is 2. The summed E-state index contributed by atoms with van der Waals surface area (Å²) in [7, 11) is 3.14. The Morgan fingerprint density at radius 1 is 1.23 bits per heavy atom. The van der Waals surface area contributed by atoms with Gasteiger partial charge in [-0.1, -0.05) is 24.3 Å². The van der Waals surface area contributed by atoms with Gasteiger partial charge in [-0.3, -0.25) is 4.79 Å². The van der Waals surface area contributed by atoms with Crippen LogP contribution in [0.4, 0.5) is 10.1 Å². The lowest BCUT2D eigenvalue weighted by molar-refractivity contribution is -0.113. The lowest BCUT2D eigenvalue weighted by Gasteiger charge is -2.37. The quantitative estimate of drug-likeness (QED) is 0.656. The maximum absolute atomic E-state index is 13.9. The third-order valence-electron chi connectivity index (χ3n) is 4.90. The largest absolute Gasteiger partial charge is 0.495 e. The van der Waals surface area contributed by atoms with Gasteiger partial charge in [0.05, 0.1) is 31.0 Å². The summed E-state index contributed by atoms with van der Waals surface area (Å²) in [6, 6.07) is 12.7. The third kappa shape index (κ3) is 4.60. The molecule has 1 amide bonds. The second-order valence-electron chi connectivity index (χ2n) is 6.74. The monoisotopic (exact) mass is 429 g/mol. The molecule has 0 aliphatic carbocycles. The van der Waals surface area contributed by atoms with Gasteiger partial charge in [-0.2, -0.15) is 0 Å². The normalized spacial score (nSPS) is 16.3. The van der Waals surface area contributed by atoms with E-state index >= 15 is 0 Å². The summed E-state index contributed by atoms with van der Waals surface area (Å²) in [6.45, 7) is 2.74. The molecule has 0 saturated heterocycles. The summed E-state index contributed by atoms with van der Waals surface area (Å²) in [4.78, 5) is 15.2. The number of methoxy groups -OCH3 is 2. The second-order valence-corrected chi connectivity index (χ2v) is 7.12. The van der Waals surface area contributed by atoms with E-state index in [-0.39, 0.29) is 11.7 Å². The Balaban J connectivity index is 2.03. The van der Waals surface area contributed by atoms with Crippen LogP contribution in [0.25, 0.3) is 0 Å². The van der Waals surface area contributed by atoms with Crippen LogP contribution >= 0.6 is 12.2 Å². The number of amides is 1. The number of hydrogen-bond donors (Lipinski definition) is 2. The molecule has 158 valence electrons. The standard InChI is InChI=1S/C22H24FN3O3S/c1-14-19(21(27)24-17-9-4-5-10-18(17)29-3)20(15-7-6-8-16(23)13-15)25-22(30)26(14)11-12-28-2/h4-10,13,20H,11-12H2,1-3H3,(H,24,27)(H,25,30)/t20-/m0/s1. The predicted octanol–water partition coefficient (Wildman–Crippen LogP) is 3.62. The average Bonchev–Trinajstić information content (AvgIpc) is 2.73. The van der Waals surface area contributed by atoms with Crippen molar-refractivity contribution in [1.29, 1.82) is 0 Å². The molecule has 2 N–H and O–H groups in total. The molecule has 6 nitrogen and oxygen atoms in total. The van der Waals surface area contributed by atoms with Crippen LogP contribution in [0.1, 0.15) is 18.5 Å². The number of benzene rings is 2. The molecular formula is C22H24FN3O3S. The van der Waals surface area contributed by atoms with Gasteiger partial charge >= 0.3 is 0 Å². The van der Waals surface area contributed by atoms with E-state index in [0.717, 1.165) is 0 Å². The minimum absolute atomic E-state index is 0.330. The SMILES string of the molecule is COCCN1C(=S)N[C@@H](c2cccc(F)c2)C(C(=O)Nc2ccccc2OC)=C1C. The Hall–Kier alpha value is -2.97. The topological polar surface area (TPSA) is 62.8 Å². The molecule has 30 heavy (non-hydrogen) atoms. The van der Waals surface area contributed by atoms with E-state index in [9.17, 15) is 9.18 Å². The van der Waals surface area contributed by atoms with Gasteiger partial charge in [-0.25, -0.2) is 4.39 Å². The van der Waals surface area contributed by atoms with E-state index in [1.165, 1.54) is 19.2 Å². The molecule has 3 rings (SSSR count). The van der Waals surface area contributed by atoms with Crippen molar-refractivity contribution in [2.75, 3.05) is 32.7 Å². The molecule has 8 heteroatoms. The Bertz CT molecular complexity index is 980. The minimum Gasteiger partial charge on any atom is -0.495 e. The Labute approximate surface area is 180 Å². The van der Waals surface area contributed by atoms with Crippen LogP contribution in [0.5, 0.6) is 5.75 Å². The maximum Gasteiger partial charge on any atom is 0.255 e. The van der Waals surface area contributed by atoms with E-state index in [0.29, 0.717) is 46.5 Å². The Morgan fingerprint density at radius 2 is 2.00 bits per heavy atom. The van der Waals surface area contributed by atoms with Gasteiger partial charge in [0, 0.05) is 19.4 Å². The number of hydrogen-bond acceptors (Lipinski definition) is 4. The fourth-order valence-corrected chi connectivity index (χ4v) is 3.75.